The molecular formula is C13H10BrClF2N2O. The molecule has 1 N–H and O–H groups in total. The molecule has 1 aromatic heterocycles. The number of hydrogen-bond acceptors (Lipinski definition) is 3. The lowest BCUT2D eigenvalue weighted by atomic mass is 10.2. The fourth-order valence-electron chi connectivity index (χ4n) is 1.59. The van der Waals surface area contributed by atoms with Crippen LogP contribution in [-0.2, 0) is 6.54 Å². The molecule has 20 heavy (non-hydrogen) atoms. The first-order valence-corrected chi connectivity index (χ1v) is 6.81. The number of ether oxygens (including phenoxy) is 1. The van der Waals surface area contributed by atoms with Crippen LogP contribution >= 0.6 is 27.5 Å². The number of nitrogens with one attached hydrogen (secondary N) is 1. The molecule has 0 bridgehead atoms. The van der Waals surface area contributed by atoms with Gasteiger partial charge in [0.2, 0.25) is 0 Å². The van der Waals surface area contributed by atoms with Crippen molar-refractivity contribution < 1.29 is 13.5 Å². The first kappa shape index (κ1) is 15.0. The molecule has 0 aliphatic carbocycles. The number of alkyl halides is 2. The molecule has 0 radical (unpaired) electrons. The Morgan fingerprint density at radius 1 is 1.35 bits per heavy atom. The second-order valence-corrected chi connectivity index (χ2v) is 5.11. The van der Waals surface area contributed by atoms with Crippen LogP contribution in [0, 0.1) is 0 Å². The number of nitrogens with zero attached hydrogens (tertiary/aromatic N) is 1. The van der Waals surface area contributed by atoms with Crippen molar-refractivity contribution in [3.63, 3.8) is 0 Å². The van der Waals surface area contributed by atoms with E-state index < -0.39 is 6.61 Å². The fraction of sp³-hybridized carbons (Fsp3) is 0.154. The van der Waals surface area contributed by atoms with Crippen LogP contribution in [0.25, 0.3) is 0 Å². The zero-order chi connectivity index (χ0) is 14.5. The number of rotatable bonds is 5. The maximum atomic E-state index is 12.4. The molecule has 2 aromatic rings. The van der Waals surface area contributed by atoms with E-state index in [1.54, 1.807) is 12.3 Å². The third-order valence-electron chi connectivity index (χ3n) is 2.40. The summed E-state index contributed by atoms with van der Waals surface area (Å²) in [7, 11) is 0. The van der Waals surface area contributed by atoms with Gasteiger partial charge in [-0.1, -0.05) is 17.7 Å². The van der Waals surface area contributed by atoms with Gasteiger partial charge in [-0.3, -0.25) is 4.98 Å². The van der Waals surface area contributed by atoms with Crippen molar-refractivity contribution in [1.29, 1.82) is 0 Å². The average molecular weight is 364 g/mol. The highest BCUT2D eigenvalue weighted by Gasteiger charge is 2.14. The summed E-state index contributed by atoms with van der Waals surface area (Å²) in [5.74, 6) is 0.0142. The summed E-state index contributed by atoms with van der Waals surface area (Å²) in [5, 5.41) is 3.39. The van der Waals surface area contributed by atoms with Gasteiger partial charge in [-0.15, -0.1) is 0 Å². The third-order valence-corrected chi connectivity index (χ3v) is 3.21. The predicted octanol–water partition coefficient (Wildman–Crippen LogP) is 4.71. The van der Waals surface area contributed by atoms with E-state index in [1.165, 1.54) is 12.1 Å². The van der Waals surface area contributed by atoms with Crippen molar-refractivity contribution in [1.82, 2.24) is 4.98 Å². The minimum Gasteiger partial charge on any atom is -0.431 e. The Kier molecular flexibility index (Phi) is 5.14. The van der Waals surface area contributed by atoms with Crippen molar-refractivity contribution in [2.75, 3.05) is 5.32 Å². The second kappa shape index (κ2) is 6.85. The summed E-state index contributed by atoms with van der Waals surface area (Å²) in [6.07, 6.45) is 1.65. The molecule has 7 heteroatoms. The summed E-state index contributed by atoms with van der Waals surface area (Å²) < 4.78 is 29.7. The van der Waals surface area contributed by atoms with Gasteiger partial charge < -0.3 is 10.1 Å². The molecule has 2 rings (SSSR count). The molecule has 0 spiro atoms. The molecule has 0 saturated heterocycles. The summed E-state index contributed by atoms with van der Waals surface area (Å²) in [5.41, 5.74) is 1.14. The SMILES string of the molecule is FC(F)Oc1c(Br)cc(Cl)cc1NCc1ccccn1. The lowest BCUT2D eigenvalue weighted by molar-refractivity contribution is -0.0498. The van der Waals surface area contributed by atoms with E-state index in [4.69, 9.17) is 11.6 Å². The maximum absolute atomic E-state index is 12.4. The van der Waals surface area contributed by atoms with Gasteiger partial charge in [0, 0.05) is 11.2 Å². The van der Waals surface area contributed by atoms with E-state index in [-0.39, 0.29) is 5.75 Å². The topological polar surface area (TPSA) is 34.1 Å². The summed E-state index contributed by atoms with van der Waals surface area (Å²) in [6.45, 7) is -2.55. The van der Waals surface area contributed by atoms with Crippen LogP contribution in [0.1, 0.15) is 5.69 Å². The van der Waals surface area contributed by atoms with Gasteiger partial charge in [0.25, 0.3) is 0 Å². The molecule has 0 fully saturated rings. The van der Waals surface area contributed by atoms with Gasteiger partial charge in [0.15, 0.2) is 5.75 Å². The monoisotopic (exact) mass is 362 g/mol. The van der Waals surface area contributed by atoms with Crippen LogP contribution < -0.4 is 10.1 Å². The Morgan fingerprint density at radius 3 is 2.80 bits per heavy atom. The van der Waals surface area contributed by atoms with Crippen LogP contribution in [0.15, 0.2) is 41.0 Å². The van der Waals surface area contributed by atoms with Gasteiger partial charge in [0.05, 0.1) is 22.4 Å². The van der Waals surface area contributed by atoms with Crippen LogP contribution in [0.5, 0.6) is 5.75 Å². The number of benzene rings is 1. The van der Waals surface area contributed by atoms with Crippen molar-refractivity contribution >= 4 is 33.2 Å². The summed E-state index contributed by atoms with van der Waals surface area (Å²) in [4.78, 5) is 4.13. The first-order chi connectivity index (χ1) is 9.56. The normalized spacial score (nSPS) is 10.7. The second-order valence-electron chi connectivity index (χ2n) is 3.82. The van der Waals surface area contributed by atoms with Gasteiger partial charge in [-0.05, 0) is 40.2 Å². The van der Waals surface area contributed by atoms with Gasteiger partial charge in [-0.2, -0.15) is 8.78 Å². The van der Waals surface area contributed by atoms with Crippen LogP contribution in [-0.4, -0.2) is 11.6 Å². The van der Waals surface area contributed by atoms with Crippen LogP contribution in [0.3, 0.4) is 0 Å². The van der Waals surface area contributed by atoms with Gasteiger partial charge >= 0.3 is 6.61 Å². The minimum absolute atomic E-state index is 0.0142. The Hall–Kier alpha value is -1.40. The van der Waals surface area contributed by atoms with Gasteiger partial charge in [0.1, 0.15) is 0 Å². The van der Waals surface area contributed by atoms with E-state index in [9.17, 15) is 8.78 Å². The highest BCUT2D eigenvalue weighted by Crippen LogP contribution is 2.37. The molecule has 1 heterocycles. The molecule has 0 atom stereocenters. The molecule has 0 unspecified atom stereocenters. The molecule has 1 aromatic carbocycles. The molecule has 0 aliphatic rings. The third kappa shape index (κ3) is 4.05. The largest absolute Gasteiger partial charge is 0.431 e. The highest BCUT2D eigenvalue weighted by molar-refractivity contribution is 9.10. The number of halogens is 4. The summed E-state index contributed by atoms with van der Waals surface area (Å²) >= 11 is 9.07. The van der Waals surface area contributed by atoms with Crippen molar-refractivity contribution in [2.24, 2.45) is 0 Å². The van der Waals surface area contributed by atoms with E-state index in [2.05, 4.69) is 31.0 Å². The van der Waals surface area contributed by atoms with Gasteiger partial charge in [-0.25, -0.2) is 0 Å². The Bertz CT molecular complexity index is 584. The molecule has 0 amide bonds. The number of anilines is 1. The Morgan fingerprint density at radius 2 is 2.15 bits per heavy atom. The standard InChI is InChI=1S/C13H10BrClF2N2O/c14-10-5-8(15)6-11(12(10)20-13(16)17)19-7-9-3-1-2-4-18-9/h1-6,13,19H,7H2. The maximum Gasteiger partial charge on any atom is 0.387 e. The van der Waals surface area contributed by atoms with E-state index in [1.807, 2.05) is 12.1 Å². The first-order valence-electron chi connectivity index (χ1n) is 5.64. The zero-order valence-electron chi connectivity index (χ0n) is 10.1. The zero-order valence-corrected chi connectivity index (χ0v) is 12.5. The average Bonchev–Trinajstić information content (AvgIpc) is 2.40. The van der Waals surface area contributed by atoms with Crippen molar-refractivity contribution in [2.45, 2.75) is 13.2 Å². The smallest absolute Gasteiger partial charge is 0.387 e. The van der Waals surface area contributed by atoms with Crippen LogP contribution in [0.2, 0.25) is 5.02 Å². The molecule has 0 aliphatic heterocycles. The van der Waals surface area contributed by atoms with Crippen LogP contribution in [0.4, 0.5) is 14.5 Å². The highest BCUT2D eigenvalue weighted by atomic mass is 79.9. The van der Waals surface area contributed by atoms with E-state index >= 15 is 0 Å². The van der Waals surface area contributed by atoms with Crippen molar-refractivity contribution in [3.05, 3.63) is 51.7 Å². The van der Waals surface area contributed by atoms with E-state index in [0.717, 1.165) is 5.69 Å². The number of hydrogen-bond donors (Lipinski definition) is 1. The predicted molar refractivity (Wildman–Crippen MR) is 77.3 cm³/mol. The van der Waals surface area contributed by atoms with Crippen molar-refractivity contribution in [3.8, 4) is 5.75 Å². The molecule has 3 nitrogen and oxygen atoms in total. The number of pyridine rings is 1. The quantitative estimate of drug-likeness (QED) is 0.835. The lowest BCUT2D eigenvalue weighted by Crippen LogP contribution is -2.08. The number of aromatic nitrogens is 1. The molecule has 106 valence electrons. The molecule has 0 saturated carbocycles. The lowest BCUT2D eigenvalue weighted by Gasteiger charge is -2.14. The fourth-order valence-corrected chi connectivity index (χ4v) is 2.49. The summed E-state index contributed by atoms with van der Waals surface area (Å²) in [6, 6.07) is 8.47. The Balaban J connectivity index is 2.21. The minimum atomic E-state index is -2.91. The van der Waals surface area contributed by atoms with E-state index in [0.29, 0.717) is 21.7 Å². The molecular weight excluding hydrogens is 354 g/mol. The Labute approximate surface area is 128 Å².